The number of benzene rings is 2. The first-order valence-electron chi connectivity index (χ1n) is 10.2. The van der Waals surface area contributed by atoms with Gasteiger partial charge in [0.05, 0.1) is 10.9 Å². The third-order valence-corrected chi connectivity index (χ3v) is 5.97. The van der Waals surface area contributed by atoms with Crippen LogP contribution in [0.25, 0.3) is 11.3 Å². The number of nitrogens with zero attached hydrogens (tertiary/aromatic N) is 2. The Morgan fingerprint density at radius 2 is 1.81 bits per heavy atom. The molecule has 1 atom stereocenters. The summed E-state index contributed by atoms with van der Waals surface area (Å²) < 4.78 is 0. The number of aryl methyl sites for hydroxylation is 2. The summed E-state index contributed by atoms with van der Waals surface area (Å²) in [5.74, 6) is -0.429. The molecule has 166 valence electrons. The maximum Gasteiger partial charge on any atom is 0.278 e. The van der Waals surface area contributed by atoms with E-state index in [4.69, 9.17) is 0 Å². The quantitative estimate of drug-likeness (QED) is 0.469. The molecule has 0 fully saturated rings. The number of H-pyrrole nitrogens is 1. The van der Waals surface area contributed by atoms with Crippen LogP contribution in [0.2, 0.25) is 0 Å². The molecule has 2 aromatic carbocycles. The second kappa shape index (κ2) is 10.2. The molecule has 3 aromatic rings. The van der Waals surface area contributed by atoms with E-state index in [0.717, 1.165) is 28.6 Å². The van der Waals surface area contributed by atoms with Crippen molar-refractivity contribution in [3.8, 4) is 11.3 Å². The maximum atomic E-state index is 12.8. The standard InChI is InChI=1S/C23H25N5O3S/c1-5-19(21(30)25-17-11-10-13(2)12-14(17)3)32-23-26-22(31)20(27-28-23)16-8-6-7-9-18(16)24-15(4)29/h6-12,19H,5H2,1-4H3,(H,24,29)(H,25,30)(H,26,28,31)/t19-/m1/s1. The molecule has 9 heteroatoms. The van der Waals surface area contributed by atoms with Crippen molar-refractivity contribution >= 4 is 35.0 Å². The van der Waals surface area contributed by atoms with E-state index in [0.29, 0.717) is 17.7 Å². The molecule has 2 amide bonds. The molecule has 0 unspecified atom stereocenters. The van der Waals surface area contributed by atoms with E-state index < -0.39 is 10.8 Å². The molecule has 0 radical (unpaired) electrons. The second-order valence-corrected chi connectivity index (χ2v) is 8.55. The lowest BCUT2D eigenvalue weighted by Crippen LogP contribution is -2.26. The minimum atomic E-state index is -0.460. The van der Waals surface area contributed by atoms with Gasteiger partial charge in [0.2, 0.25) is 11.8 Å². The van der Waals surface area contributed by atoms with Gasteiger partial charge in [0.25, 0.3) is 5.56 Å². The summed E-state index contributed by atoms with van der Waals surface area (Å²) in [7, 11) is 0. The van der Waals surface area contributed by atoms with Crippen LogP contribution in [0.1, 0.15) is 31.4 Å². The molecule has 0 spiro atoms. The van der Waals surface area contributed by atoms with E-state index in [9.17, 15) is 14.4 Å². The number of anilines is 2. The lowest BCUT2D eigenvalue weighted by molar-refractivity contribution is -0.116. The number of aromatic nitrogens is 3. The number of para-hydroxylation sites is 1. The SMILES string of the molecule is CC[C@@H](Sc1nnc(-c2ccccc2NC(C)=O)c(=O)[nH]1)C(=O)Nc1ccc(C)cc1C. The summed E-state index contributed by atoms with van der Waals surface area (Å²) in [4.78, 5) is 39.6. The average molecular weight is 452 g/mol. The summed E-state index contributed by atoms with van der Waals surface area (Å²) in [6, 6.07) is 12.7. The monoisotopic (exact) mass is 451 g/mol. The zero-order valence-electron chi connectivity index (χ0n) is 18.4. The van der Waals surface area contributed by atoms with Crippen LogP contribution in [0.3, 0.4) is 0 Å². The topological polar surface area (TPSA) is 117 Å². The number of hydrogen-bond donors (Lipinski definition) is 3. The predicted octanol–water partition coefficient (Wildman–Crippen LogP) is 3.92. The van der Waals surface area contributed by atoms with Gasteiger partial charge in [-0.25, -0.2) is 0 Å². The molecule has 1 heterocycles. The minimum Gasteiger partial charge on any atom is -0.326 e. The maximum absolute atomic E-state index is 12.8. The van der Waals surface area contributed by atoms with E-state index in [2.05, 4.69) is 25.8 Å². The Hall–Kier alpha value is -3.46. The summed E-state index contributed by atoms with van der Waals surface area (Å²) in [5.41, 5.74) is 3.43. The smallest absolute Gasteiger partial charge is 0.278 e. The zero-order valence-corrected chi connectivity index (χ0v) is 19.2. The molecule has 0 saturated carbocycles. The van der Waals surface area contributed by atoms with Crippen molar-refractivity contribution in [3.05, 3.63) is 63.9 Å². The summed E-state index contributed by atoms with van der Waals surface area (Å²) in [5, 5.41) is 13.6. The van der Waals surface area contributed by atoms with Crippen LogP contribution in [-0.2, 0) is 9.59 Å². The molecule has 8 nitrogen and oxygen atoms in total. The highest BCUT2D eigenvalue weighted by molar-refractivity contribution is 8.00. The van der Waals surface area contributed by atoms with Gasteiger partial charge in [-0.2, -0.15) is 0 Å². The minimum absolute atomic E-state index is 0.0893. The first-order valence-corrected chi connectivity index (χ1v) is 11.0. The summed E-state index contributed by atoms with van der Waals surface area (Å²) in [6.07, 6.45) is 0.540. The lowest BCUT2D eigenvalue weighted by Gasteiger charge is -2.15. The van der Waals surface area contributed by atoms with Crippen LogP contribution < -0.4 is 16.2 Å². The average Bonchev–Trinajstić information content (AvgIpc) is 2.74. The Morgan fingerprint density at radius 3 is 2.47 bits per heavy atom. The molecule has 3 N–H and O–H groups in total. The molecule has 3 rings (SSSR count). The molecule has 0 aliphatic heterocycles. The fourth-order valence-corrected chi connectivity index (χ4v) is 4.01. The molecular weight excluding hydrogens is 426 g/mol. The Kier molecular flexibility index (Phi) is 7.42. The van der Waals surface area contributed by atoms with Gasteiger partial charge >= 0.3 is 0 Å². The van der Waals surface area contributed by atoms with Gasteiger partial charge in [0.1, 0.15) is 0 Å². The van der Waals surface area contributed by atoms with Crippen molar-refractivity contribution in [2.75, 3.05) is 10.6 Å². The van der Waals surface area contributed by atoms with Crippen LogP contribution in [0, 0.1) is 13.8 Å². The normalized spacial score (nSPS) is 11.6. The molecule has 0 aliphatic carbocycles. The van der Waals surface area contributed by atoms with Crippen molar-refractivity contribution in [2.45, 2.75) is 44.5 Å². The largest absolute Gasteiger partial charge is 0.326 e. The molecule has 0 bridgehead atoms. The van der Waals surface area contributed by atoms with Gasteiger partial charge in [0.15, 0.2) is 10.9 Å². The van der Waals surface area contributed by atoms with Gasteiger partial charge in [-0.1, -0.05) is 54.6 Å². The van der Waals surface area contributed by atoms with Crippen LogP contribution in [0.4, 0.5) is 11.4 Å². The fourth-order valence-electron chi connectivity index (χ4n) is 3.16. The molecule has 1 aromatic heterocycles. The molecular formula is C23H25N5O3S. The number of hydrogen-bond acceptors (Lipinski definition) is 6. The van der Waals surface area contributed by atoms with Gasteiger partial charge in [-0.05, 0) is 38.0 Å². The number of thioether (sulfide) groups is 1. The van der Waals surface area contributed by atoms with Crippen molar-refractivity contribution in [1.29, 1.82) is 0 Å². The number of nitrogens with one attached hydrogen (secondary N) is 3. The van der Waals surface area contributed by atoms with E-state index in [1.54, 1.807) is 24.3 Å². The number of carbonyl (C=O) groups is 2. The zero-order chi connectivity index (χ0) is 23.3. The van der Waals surface area contributed by atoms with Crippen LogP contribution in [0.5, 0.6) is 0 Å². The van der Waals surface area contributed by atoms with Crippen molar-refractivity contribution in [1.82, 2.24) is 15.2 Å². The number of amides is 2. The predicted molar refractivity (Wildman–Crippen MR) is 127 cm³/mol. The van der Waals surface area contributed by atoms with Crippen molar-refractivity contribution < 1.29 is 9.59 Å². The molecule has 0 aliphatic rings. The van der Waals surface area contributed by atoms with E-state index in [-0.39, 0.29) is 22.7 Å². The Morgan fingerprint density at radius 1 is 1.06 bits per heavy atom. The van der Waals surface area contributed by atoms with Crippen LogP contribution in [-0.4, -0.2) is 32.2 Å². The Balaban J connectivity index is 1.79. The highest BCUT2D eigenvalue weighted by Gasteiger charge is 2.21. The van der Waals surface area contributed by atoms with E-state index >= 15 is 0 Å². The number of carbonyl (C=O) groups excluding carboxylic acids is 2. The van der Waals surface area contributed by atoms with E-state index in [1.807, 2.05) is 39.0 Å². The Labute approximate surface area is 190 Å². The first kappa shape index (κ1) is 23.2. The van der Waals surface area contributed by atoms with Gasteiger partial charge < -0.3 is 10.6 Å². The lowest BCUT2D eigenvalue weighted by atomic mass is 10.1. The van der Waals surface area contributed by atoms with Crippen LogP contribution >= 0.6 is 11.8 Å². The van der Waals surface area contributed by atoms with E-state index in [1.165, 1.54) is 6.92 Å². The second-order valence-electron chi connectivity index (χ2n) is 7.36. The Bertz CT molecular complexity index is 1210. The third-order valence-electron chi connectivity index (χ3n) is 4.73. The van der Waals surface area contributed by atoms with Gasteiger partial charge in [0, 0.05) is 18.2 Å². The van der Waals surface area contributed by atoms with Crippen LogP contribution in [0.15, 0.2) is 52.4 Å². The molecule has 32 heavy (non-hydrogen) atoms. The van der Waals surface area contributed by atoms with Gasteiger partial charge in [-0.15, -0.1) is 10.2 Å². The van der Waals surface area contributed by atoms with Crippen molar-refractivity contribution in [3.63, 3.8) is 0 Å². The highest BCUT2D eigenvalue weighted by Crippen LogP contribution is 2.26. The number of rotatable bonds is 7. The van der Waals surface area contributed by atoms with Crippen molar-refractivity contribution in [2.24, 2.45) is 0 Å². The first-order chi connectivity index (χ1) is 15.3. The third kappa shape index (κ3) is 5.61. The number of aromatic amines is 1. The summed E-state index contributed by atoms with van der Waals surface area (Å²) in [6.45, 7) is 7.22. The van der Waals surface area contributed by atoms with Gasteiger partial charge in [-0.3, -0.25) is 19.4 Å². The molecule has 0 saturated heterocycles. The fraction of sp³-hybridized carbons (Fsp3) is 0.261. The summed E-state index contributed by atoms with van der Waals surface area (Å²) >= 11 is 1.15. The highest BCUT2D eigenvalue weighted by atomic mass is 32.2.